The predicted molar refractivity (Wildman–Crippen MR) is 91.8 cm³/mol. The smallest absolute Gasteiger partial charge is 0.218 e. The maximum Gasteiger partial charge on any atom is 0.218 e. The van der Waals surface area contributed by atoms with Crippen molar-refractivity contribution in [3.63, 3.8) is 0 Å². The normalized spacial score (nSPS) is 15.7. The minimum Gasteiger partial charge on any atom is -0.475 e. The molecule has 0 saturated heterocycles. The van der Waals surface area contributed by atoms with Crippen LogP contribution in [0, 0.1) is 0 Å². The molecule has 2 rings (SSSR count). The van der Waals surface area contributed by atoms with Crippen molar-refractivity contribution >= 4 is 5.96 Å². The molecule has 0 aliphatic heterocycles. The molecule has 6 nitrogen and oxygen atoms in total. The van der Waals surface area contributed by atoms with Crippen LogP contribution in [0.4, 0.5) is 0 Å². The lowest BCUT2D eigenvalue weighted by molar-refractivity contribution is 0.143. The van der Waals surface area contributed by atoms with Crippen molar-refractivity contribution in [2.45, 2.75) is 45.2 Å². The van der Waals surface area contributed by atoms with E-state index in [2.05, 4.69) is 27.5 Å². The standard InChI is InChI=1S/C17H28N4O2/c1-3-18-17(21-15-8-4-5-9-15)20-13-14-7-6-10-19-16(14)23-12-11-22-2/h6-7,10,15H,3-5,8-9,11-13H2,1-2H3,(H2,18,20,21). The third kappa shape index (κ3) is 6.06. The van der Waals surface area contributed by atoms with E-state index in [9.17, 15) is 0 Å². The van der Waals surface area contributed by atoms with E-state index in [4.69, 9.17) is 9.47 Å². The van der Waals surface area contributed by atoms with Crippen molar-refractivity contribution in [3.8, 4) is 5.88 Å². The average Bonchev–Trinajstić information content (AvgIpc) is 3.07. The molecule has 1 fully saturated rings. The fraction of sp³-hybridized carbons (Fsp3) is 0.647. The summed E-state index contributed by atoms with van der Waals surface area (Å²) in [5, 5.41) is 6.83. The van der Waals surface area contributed by atoms with Crippen molar-refractivity contribution in [1.29, 1.82) is 0 Å². The maximum absolute atomic E-state index is 5.66. The van der Waals surface area contributed by atoms with Crippen LogP contribution in [0.25, 0.3) is 0 Å². The molecular weight excluding hydrogens is 292 g/mol. The summed E-state index contributed by atoms with van der Waals surface area (Å²) in [6, 6.07) is 4.45. The van der Waals surface area contributed by atoms with E-state index in [1.54, 1.807) is 13.3 Å². The molecule has 6 heteroatoms. The molecule has 0 atom stereocenters. The van der Waals surface area contributed by atoms with Crippen LogP contribution in [0.2, 0.25) is 0 Å². The van der Waals surface area contributed by atoms with E-state index in [1.165, 1.54) is 25.7 Å². The molecule has 0 unspecified atom stereocenters. The molecule has 1 heterocycles. The largest absolute Gasteiger partial charge is 0.475 e. The van der Waals surface area contributed by atoms with Gasteiger partial charge in [0, 0.05) is 31.5 Å². The zero-order valence-electron chi connectivity index (χ0n) is 14.2. The van der Waals surface area contributed by atoms with Crippen LogP contribution in [0.5, 0.6) is 5.88 Å². The number of guanidine groups is 1. The van der Waals surface area contributed by atoms with Gasteiger partial charge in [-0.25, -0.2) is 9.98 Å². The van der Waals surface area contributed by atoms with Crippen LogP contribution in [0.1, 0.15) is 38.2 Å². The Morgan fingerprint density at radius 1 is 1.35 bits per heavy atom. The monoisotopic (exact) mass is 320 g/mol. The van der Waals surface area contributed by atoms with Gasteiger partial charge in [-0.3, -0.25) is 0 Å². The highest BCUT2D eigenvalue weighted by Crippen LogP contribution is 2.18. The van der Waals surface area contributed by atoms with E-state index in [0.717, 1.165) is 18.1 Å². The van der Waals surface area contributed by atoms with Crippen LogP contribution >= 0.6 is 0 Å². The molecule has 2 N–H and O–H groups in total. The Balaban J connectivity index is 1.97. The van der Waals surface area contributed by atoms with E-state index < -0.39 is 0 Å². The summed E-state index contributed by atoms with van der Waals surface area (Å²) in [6.45, 7) is 4.51. The van der Waals surface area contributed by atoms with Crippen LogP contribution in [-0.4, -0.2) is 43.9 Å². The molecule has 0 aromatic carbocycles. The molecule has 0 amide bonds. The number of aromatic nitrogens is 1. The molecule has 1 aromatic heterocycles. The minimum absolute atomic E-state index is 0.491. The second-order valence-corrected chi connectivity index (χ2v) is 5.63. The Morgan fingerprint density at radius 3 is 2.91 bits per heavy atom. The zero-order chi connectivity index (χ0) is 16.3. The fourth-order valence-corrected chi connectivity index (χ4v) is 2.64. The van der Waals surface area contributed by atoms with Gasteiger partial charge in [0.15, 0.2) is 5.96 Å². The van der Waals surface area contributed by atoms with Gasteiger partial charge in [-0.15, -0.1) is 0 Å². The molecule has 0 bridgehead atoms. The summed E-state index contributed by atoms with van der Waals surface area (Å²) in [5.41, 5.74) is 0.979. The van der Waals surface area contributed by atoms with Gasteiger partial charge in [0.2, 0.25) is 5.88 Å². The lowest BCUT2D eigenvalue weighted by Gasteiger charge is -2.17. The van der Waals surface area contributed by atoms with Gasteiger partial charge in [-0.05, 0) is 25.8 Å². The highest BCUT2D eigenvalue weighted by atomic mass is 16.5. The highest BCUT2D eigenvalue weighted by Gasteiger charge is 2.16. The second-order valence-electron chi connectivity index (χ2n) is 5.63. The number of aliphatic imine (C=N–C) groups is 1. The summed E-state index contributed by atoms with van der Waals surface area (Å²) in [4.78, 5) is 8.97. The molecule has 1 aromatic rings. The van der Waals surface area contributed by atoms with Crippen molar-refractivity contribution < 1.29 is 9.47 Å². The van der Waals surface area contributed by atoms with Gasteiger partial charge in [0.1, 0.15) is 6.61 Å². The lowest BCUT2D eigenvalue weighted by Crippen LogP contribution is -2.42. The van der Waals surface area contributed by atoms with Gasteiger partial charge in [-0.2, -0.15) is 0 Å². The highest BCUT2D eigenvalue weighted by molar-refractivity contribution is 5.80. The first-order valence-electron chi connectivity index (χ1n) is 8.44. The third-order valence-corrected chi connectivity index (χ3v) is 3.82. The van der Waals surface area contributed by atoms with Crippen molar-refractivity contribution in [3.05, 3.63) is 23.9 Å². The molecule has 128 valence electrons. The summed E-state index contributed by atoms with van der Waals surface area (Å²) in [7, 11) is 1.66. The number of methoxy groups -OCH3 is 1. The van der Waals surface area contributed by atoms with Gasteiger partial charge >= 0.3 is 0 Å². The number of nitrogens with one attached hydrogen (secondary N) is 2. The molecule has 23 heavy (non-hydrogen) atoms. The van der Waals surface area contributed by atoms with Crippen LogP contribution in [0.15, 0.2) is 23.3 Å². The van der Waals surface area contributed by atoms with Gasteiger partial charge in [0.05, 0.1) is 13.2 Å². The van der Waals surface area contributed by atoms with Crippen molar-refractivity contribution in [2.24, 2.45) is 4.99 Å². The SMILES string of the molecule is CCNC(=NCc1cccnc1OCCOC)NC1CCCC1. The predicted octanol–water partition coefficient (Wildman–Crippen LogP) is 2.10. The van der Waals surface area contributed by atoms with E-state index in [0.29, 0.717) is 31.7 Å². The molecule has 1 aliphatic rings. The Morgan fingerprint density at radius 2 is 2.17 bits per heavy atom. The summed E-state index contributed by atoms with van der Waals surface area (Å²) in [6.07, 6.45) is 6.79. The van der Waals surface area contributed by atoms with E-state index in [1.807, 2.05) is 12.1 Å². The first-order valence-corrected chi connectivity index (χ1v) is 8.44. The molecule has 0 radical (unpaired) electrons. The number of hydrogen-bond acceptors (Lipinski definition) is 4. The summed E-state index contributed by atoms with van der Waals surface area (Å²) in [5.74, 6) is 1.50. The Bertz CT molecular complexity index is 487. The number of nitrogens with zero attached hydrogens (tertiary/aromatic N) is 2. The Kier molecular flexibility index (Phi) is 7.66. The maximum atomic E-state index is 5.66. The van der Waals surface area contributed by atoms with E-state index >= 15 is 0 Å². The minimum atomic E-state index is 0.491. The topological polar surface area (TPSA) is 67.8 Å². The number of rotatable bonds is 8. The van der Waals surface area contributed by atoms with Crippen LogP contribution in [0.3, 0.4) is 0 Å². The van der Waals surface area contributed by atoms with Crippen molar-refractivity contribution in [2.75, 3.05) is 26.9 Å². The number of pyridine rings is 1. The quantitative estimate of drug-likeness (QED) is 0.436. The molecular formula is C17H28N4O2. The fourth-order valence-electron chi connectivity index (χ4n) is 2.64. The van der Waals surface area contributed by atoms with Crippen LogP contribution < -0.4 is 15.4 Å². The second kappa shape index (κ2) is 10.0. The third-order valence-electron chi connectivity index (χ3n) is 3.82. The van der Waals surface area contributed by atoms with Gasteiger partial charge < -0.3 is 20.1 Å². The van der Waals surface area contributed by atoms with E-state index in [-0.39, 0.29) is 0 Å². The first-order chi connectivity index (χ1) is 11.3. The first kappa shape index (κ1) is 17.5. The summed E-state index contributed by atoms with van der Waals surface area (Å²) < 4.78 is 10.7. The summed E-state index contributed by atoms with van der Waals surface area (Å²) >= 11 is 0. The molecule has 1 saturated carbocycles. The number of ether oxygens (including phenoxy) is 2. The average molecular weight is 320 g/mol. The zero-order valence-corrected chi connectivity index (χ0v) is 14.2. The lowest BCUT2D eigenvalue weighted by atomic mass is 10.2. The molecule has 0 spiro atoms. The Labute approximate surface area is 138 Å². The van der Waals surface area contributed by atoms with Gasteiger partial charge in [0.25, 0.3) is 0 Å². The van der Waals surface area contributed by atoms with Crippen molar-refractivity contribution in [1.82, 2.24) is 15.6 Å². The Hall–Kier alpha value is -1.82. The van der Waals surface area contributed by atoms with Gasteiger partial charge in [-0.1, -0.05) is 18.9 Å². The van der Waals surface area contributed by atoms with Crippen LogP contribution in [-0.2, 0) is 11.3 Å². The number of hydrogen-bond donors (Lipinski definition) is 2. The molecule has 1 aliphatic carbocycles.